The van der Waals surface area contributed by atoms with E-state index in [-0.39, 0.29) is 30.0 Å². The fraction of sp³-hybridized carbons (Fsp3) is 0.778. The van der Waals surface area contributed by atoms with Crippen molar-refractivity contribution in [3.8, 4) is 0 Å². The number of nitrogens with one attached hydrogen (secondary N) is 1. The van der Waals surface area contributed by atoms with E-state index in [2.05, 4.69) is 18.8 Å². The lowest BCUT2D eigenvalue weighted by atomic mass is 9.44. The Morgan fingerprint density at radius 1 is 1.14 bits per heavy atom. The van der Waals surface area contributed by atoms with Crippen molar-refractivity contribution in [1.82, 2.24) is 5.32 Å². The van der Waals surface area contributed by atoms with Crippen LogP contribution in [-0.2, 0) is 19.0 Å². The van der Waals surface area contributed by atoms with E-state index in [1.54, 1.807) is 6.08 Å². The summed E-state index contributed by atoms with van der Waals surface area (Å²) in [7, 11) is 0. The molecular weight excluding hydrogens is 480 g/mol. The molecule has 10 nitrogen and oxygen atoms in total. The number of ether oxygens (including phenoxy) is 3. The second-order valence-electron chi connectivity index (χ2n) is 11.9. The van der Waals surface area contributed by atoms with Gasteiger partial charge in [0.05, 0.1) is 6.10 Å². The standard InChI is InChI=1S/C27H42N2O8/c1-8-25(6)13-19(37-24(34)29-23(33)36-17(5)16(4)35-22(28)32)26(7)14(2)9-11-27(15(3)21(25)31)12-10-18(30)20(26)27/h8,14-17,19-21,31H,1,9-13H2,2-7H3,(H2,28,32)(H,29,33,34)/t14?,15-,16-,17+,19+,20-,21-,25+,26+,27-/m0/s1. The molecule has 10 heteroatoms. The van der Waals surface area contributed by atoms with Crippen LogP contribution in [0.25, 0.3) is 0 Å². The quantitative estimate of drug-likeness (QED) is 0.360. The second-order valence-corrected chi connectivity index (χ2v) is 11.9. The molecule has 2 bridgehead atoms. The first-order valence-electron chi connectivity index (χ1n) is 13.1. The van der Waals surface area contributed by atoms with Crippen LogP contribution in [0.1, 0.15) is 73.6 Å². The zero-order valence-corrected chi connectivity index (χ0v) is 22.7. The molecule has 37 heavy (non-hydrogen) atoms. The van der Waals surface area contributed by atoms with Gasteiger partial charge in [0.15, 0.2) is 0 Å². The number of alkyl carbamates (subject to hydrolysis) is 2. The van der Waals surface area contributed by atoms with Crippen molar-refractivity contribution in [2.75, 3.05) is 0 Å². The van der Waals surface area contributed by atoms with Gasteiger partial charge in [-0.2, -0.15) is 0 Å². The number of Topliss-reactive ketones (excluding diaryl/α,β-unsaturated/α-hetero) is 1. The molecule has 0 spiro atoms. The van der Waals surface area contributed by atoms with Crippen LogP contribution >= 0.6 is 0 Å². The maximum atomic E-state index is 13.4. The highest BCUT2D eigenvalue weighted by Crippen LogP contribution is 2.67. The molecule has 0 radical (unpaired) electrons. The highest BCUT2D eigenvalue weighted by Gasteiger charge is 2.68. The van der Waals surface area contributed by atoms with Crippen molar-refractivity contribution in [3.63, 3.8) is 0 Å². The molecule has 208 valence electrons. The van der Waals surface area contributed by atoms with Gasteiger partial charge in [0.1, 0.15) is 24.1 Å². The fourth-order valence-electron chi connectivity index (χ4n) is 7.32. The number of aliphatic hydroxyl groups is 1. The van der Waals surface area contributed by atoms with Crippen LogP contribution in [0.5, 0.6) is 0 Å². The number of hydrogen-bond donors (Lipinski definition) is 3. The van der Waals surface area contributed by atoms with Crippen LogP contribution < -0.4 is 11.1 Å². The van der Waals surface area contributed by atoms with E-state index < -0.39 is 58.9 Å². The number of imide groups is 1. The molecule has 0 saturated heterocycles. The average molecular weight is 523 g/mol. The van der Waals surface area contributed by atoms with Crippen LogP contribution in [0, 0.1) is 34.0 Å². The van der Waals surface area contributed by atoms with E-state index in [4.69, 9.17) is 19.9 Å². The molecule has 1 unspecified atom stereocenters. The smallest absolute Gasteiger partial charge is 0.417 e. The summed E-state index contributed by atoms with van der Waals surface area (Å²) in [4.78, 5) is 49.7. The molecule has 0 aromatic heterocycles. The Balaban J connectivity index is 1.89. The Kier molecular flexibility index (Phi) is 8.03. The summed E-state index contributed by atoms with van der Waals surface area (Å²) in [5.74, 6) is -0.323. The number of hydrogen-bond acceptors (Lipinski definition) is 8. The first-order chi connectivity index (χ1) is 17.1. The van der Waals surface area contributed by atoms with E-state index in [1.165, 1.54) is 13.8 Å². The summed E-state index contributed by atoms with van der Waals surface area (Å²) in [6.07, 6.45) is -1.65. The number of primary amides is 1. The Labute approximate surface area is 218 Å². The SMILES string of the molecule is C=C[C@]1(C)C[C@@H](OC(=O)NC(=O)O[C@H](C)[C@H](C)OC(N)=O)[C@@]2(C)C(C)CC[C@]3(CCC(=O)[C@H]32)[C@@H](C)[C@@H]1O. The lowest BCUT2D eigenvalue weighted by molar-refractivity contribution is -0.191. The molecule has 4 N–H and O–H groups in total. The predicted octanol–water partition coefficient (Wildman–Crippen LogP) is 4.08. The summed E-state index contributed by atoms with van der Waals surface area (Å²) in [5.41, 5.74) is 3.10. The highest BCUT2D eigenvalue weighted by atomic mass is 16.6. The van der Waals surface area contributed by atoms with E-state index in [0.29, 0.717) is 12.8 Å². The van der Waals surface area contributed by atoms with Crippen molar-refractivity contribution < 1.29 is 38.5 Å². The Morgan fingerprint density at radius 2 is 1.76 bits per heavy atom. The third kappa shape index (κ3) is 4.96. The third-order valence-electron chi connectivity index (χ3n) is 10.0. The van der Waals surface area contributed by atoms with Gasteiger partial charge in [0.2, 0.25) is 0 Å². The number of amides is 3. The Hall–Kier alpha value is -2.62. The molecule has 3 fully saturated rings. The topological polar surface area (TPSA) is 154 Å². The normalized spacial score (nSPS) is 40.7. The van der Waals surface area contributed by atoms with E-state index in [0.717, 1.165) is 12.8 Å². The zero-order chi connectivity index (χ0) is 27.9. The molecule has 3 rings (SSSR count). The number of nitrogens with two attached hydrogens (primary N) is 1. The van der Waals surface area contributed by atoms with Crippen molar-refractivity contribution in [2.24, 2.45) is 39.7 Å². The van der Waals surface area contributed by atoms with Gasteiger partial charge in [-0.05, 0) is 56.8 Å². The summed E-state index contributed by atoms with van der Waals surface area (Å²) in [6, 6.07) is 0. The molecule has 10 atom stereocenters. The second kappa shape index (κ2) is 10.3. The molecule has 3 amide bonds. The minimum Gasteiger partial charge on any atom is -0.445 e. The molecule has 0 heterocycles. The average Bonchev–Trinajstić information content (AvgIpc) is 3.17. The lowest BCUT2D eigenvalue weighted by Crippen LogP contribution is -2.63. The number of aliphatic hydroxyl groups excluding tert-OH is 1. The van der Waals surface area contributed by atoms with Crippen molar-refractivity contribution in [1.29, 1.82) is 0 Å². The van der Waals surface area contributed by atoms with Crippen molar-refractivity contribution in [2.45, 2.75) is 98.1 Å². The lowest BCUT2D eigenvalue weighted by Gasteiger charge is -2.61. The summed E-state index contributed by atoms with van der Waals surface area (Å²) in [6.45, 7) is 15.0. The third-order valence-corrected chi connectivity index (χ3v) is 10.0. The maximum absolute atomic E-state index is 13.4. The van der Waals surface area contributed by atoms with Gasteiger partial charge in [0, 0.05) is 23.2 Å². The molecule has 3 aliphatic carbocycles. The van der Waals surface area contributed by atoms with Gasteiger partial charge in [-0.25, -0.2) is 19.7 Å². The molecule has 0 aromatic carbocycles. The summed E-state index contributed by atoms with van der Waals surface area (Å²) < 4.78 is 15.9. The van der Waals surface area contributed by atoms with Gasteiger partial charge in [-0.3, -0.25) is 4.79 Å². The number of rotatable bonds is 5. The monoisotopic (exact) mass is 522 g/mol. The van der Waals surface area contributed by atoms with Crippen LogP contribution in [0.15, 0.2) is 12.7 Å². The van der Waals surface area contributed by atoms with Crippen LogP contribution in [-0.4, -0.2) is 53.6 Å². The maximum Gasteiger partial charge on any atom is 0.417 e. The molecule has 0 aromatic rings. The van der Waals surface area contributed by atoms with Crippen LogP contribution in [0.4, 0.5) is 14.4 Å². The fourth-order valence-corrected chi connectivity index (χ4v) is 7.32. The van der Waals surface area contributed by atoms with E-state index >= 15 is 0 Å². The van der Waals surface area contributed by atoms with Crippen molar-refractivity contribution in [3.05, 3.63) is 12.7 Å². The predicted molar refractivity (Wildman–Crippen MR) is 134 cm³/mol. The van der Waals surface area contributed by atoms with Gasteiger partial charge in [0.25, 0.3) is 0 Å². The zero-order valence-electron chi connectivity index (χ0n) is 22.7. The van der Waals surface area contributed by atoms with Gasteiger partial charge in [-0.1, -0.05) is 33.8 Å². The van der Waals surface area contributed by atoms with E-state index in [9.17, 15) is 24.3 Å². The van der Waals surface area contributed by atoms with Crippen LogP contribution in [0.3, 0.4) is 0 Å². The minimum atomic E-state index is -1.07. The molecule has 0 aliphatic heterocycles. The summed E-state index contributed by atoms with van der Waals surface area (Å²) in [5, 5.41) is 13.6. The van der Waals surface area contributed by atoms with E-state index in [1.807, 2.05) is 20.8 Å². The first kappa shape index (κ1) is 28.9. The van der Waals surface area contributed by atoms with Crippen LogP contribution in [0.2, 0.25) is 0 Å². The number of carbonyl (C=O) groups is 4. The number of ketones is 1. The largest absolute Gasteiger partial charge is 0.445 e. The van der Waals surface area contributed by atoms with Gasteiger partial charge >= 0.3 is 18.3 Å². The first-order valence-corrected chi connectivity index (χ1v) is 13.1. The van der Waals surface area contributed by atoms with Gasteiger partial charge < -0.3 is 25.1 Å². The minimum absolute atomic E-state index is 0.0563. The number of carbonyl (C=O) groups excluding carboxylic acids is 4. The molecule has 3 saturated carbocycles. The Bertz CT molecular complexity index is 955. The molecule has 3 aliphatic rings. The molecular formula is C27H42N2O8. The summed E-state index contributed by atoms with van der Waals surface area (Å²) >= 11 is 0. The van der Waals surface area contributed by atoms with Crippen molar-refractivity contribution >= 4 is 24.1 Å². The highest BCUT2D eigenvalue weighted by molar-refractivity contribution is 5.88. The Morgan fingerprint density at radius 3 is 2.35 bits per heavy atom. The van der Waals surface area contributed by atoms with Gasteiger partial charge in [-0.15, -0.1) is 6.58 Å².